The van der Waals surface area contributed by atoms with Gasteiger partial charge in [0, 0.05) is 16.8 Å². The summed E-state index contributed by atoms with van der Waals surface area (Å²) in [7, 11) is 0. The standard InChI is InChI=1S/C26H25N3OS/c1-18(2)21-15-9-10-16-22(21)27-23(30)17-31-26-28-24(19-11-5-3-6-12-19)25(29-26)20-13-7-4-8-14-20/h3-16,18H,17H2,1-2H3,(H,27,30)(H,28,29). The summed E-state index contributed by atoms with van der Waals surface area (Å²) in [6.45, 7) is 4.25. The van der Waals surface area contributed by atoms with Crippen LogP contribution < -0.4 is 5.32 Å². The number of nitrogens with zero attached hydrogens (tertiary/aromatic N) is 1. The van der Waals surface area contributed by atoms with Crippen LogP contribution in [0.5, 0.6) is 0 Å². The van der Waals surface area contributed by atoms with Crippen LogP contribution in [0, 0.1) is 0 Å². The number of amides is 1. The SMILES string of the molecule is CC(C)c1ccccc1NC(=O)CSc1nc(-c2ccccc2)c(-c2ccccc2)[nH]1. The van der Waals surface area contributed by atoms with Gasteiger partial charge in [-0.05, 0) is 17.5 Å². The molecule has 3 aromatic carbocycles. The molecule has 0 radical (unpaired) electrons. The van der Waals surface area contributed by atoms with Crippen LogP contribution >= 0.6 is 11.8 Å². The number of H-pyrrole nitrogens is 1. The number of para-hydroxylation sites is 1. The Bertz CT molecular complexity index is 1100. The average molecular weight is 428 g/mol. The fourth-order valence-corrected chi connectivity index (χ4v) is 4.14. The quantitative estimate of drug-likeness (QED) is 0.327. The summed E-state index contributed by atoms with van der Waals surface area (Å²) in [4.78, 5) is 20.8. The molecule has 1 aromatic heterocycles. The van der Waals surface area contributed by atoms with E-state index >= 15 is 0 Å². The van der Waals surface area contributed by atoms with Crippen LogP contribution in [0.3, 0.4) is 0 Å². The molecule has 0 aliphatic heterocycles. The predicted octanol–water partition coefficient (Wildman–Crippen LogP) is 6.60. The molecule has 0 aliphatic carbocycles. The predicted molar refractivity (Wildman–Crippen MR) is 129 cm³/mol. The summed E-state index contributed by atoms with van der Waals surface area (Å²) in [6.07, 6.45) is 0. The van der Waals surface area contributed by atoms with Crippen molar-refractivity contribution in [3.63, 3.8) is 0 Å². The molecule has 1 heterocycles. The molecule has 0 saturated heterocycles. The minimum atomic E-state index is -0.0444. The van der Waals surface area contributed by atoms with E-state index in [4.69, 9.17) is 4.98 Å². The zero-order chi connectivity index (χ0) is 21.6. The van der Waals surface area contributed by atoms with Crippen molar-refractivity contribution in [1.82, 2.24) is 9.97 Å². The second-order valence-electron chi connectivity index (χ2n) is 7.58. The van der Waals surface area contributed by atoms with Gasteiger partial charge in [-0.25, -0.2) is 4.98 Å². The third-order valence-electron chi connectivity index (χ3n) is 4.99. The van der Waals surface area contributed by atoms with E-state index in [1.54, 1.807) is 0 Å². The molecule has 0 unspecified atom stereocenters. The first-order valence-corrected chi connectivity index (χ1v) is 11.3. The normalized spacial score (nSPS) is 10.9. The zero-order valence-corrected chi connectivity index (χ0v) is 18.4. The van der Waals surface area contributed by atoms with Crippen LogP contribution in [-0.2, 0) is 4.79 Å². The first-order chi connectivity index (χ1) is 15.1. The maximum Gasteiger partial charge on any atom is 0.234 e. The van der Waals surface area contributed by atoms with E-state index in [2.05, 4.69) is 42.3 Å². The number of carbonyl (C=O) groups is 1. The Labute approximate surface area is 187 Å². The third kappa shape index (κ3) is 5.06. The highest BCUT2D eigenvalue weighted by molar-refractivity contribution is 7.99. The maximum absolute atomic E-state index is 12.6. The fraction of sp³-hybridized carbons (Fsp3) is 0.154. The van der Waals surface area contributed by atoms with E-state index in [0.29, 0.717) is 5.92 Å². The highest BCUT2D eigenvalue weighted by Crippen LogP contribution is 2.32. The van der Waals surface area contributed by atoms with Gasteiger partial charge >= 0.3 is 0 Å². The molecule has 0 spiro atoms. The Balaban J connectivity index is 1.53. The Morgan fingerprint density at radius 3 is 2.19 bits per heavy atom. The van der Waals surface area contributed by atoms with Crippen LogP contribution in [0.1, 0.15) is 25.3 Å². The number of rotatable bonds is 7. The number of imidazole rings is 1. The van der Waals surface area contributed by atoms with E-state index in [0.717, 1.165) is 38.9 Å². The molecule has 4 rings (SSSR count). The molecule has 0 fully saturated rings. The lowest BCUT2D eigenvalue weighted by molar-refractivity contribution is -0.113. The van der Waals surface area contributed by atoms with E-state index in [1.165, 1.54) is 11.8 Å². The molecule has 31 heavy (non-hydrogen) atoms. The first-order valence-electron chi connectivity index (χ1n) is 10.3. The molecule has 2 N–H and O–H groups in total. The second-order valence-corrected chi connectivity index (χ2v) is 8.54. The molecule has 0 atom stereocenters. The summed E-state index contributed by atoms with van der Waals surface area (Å²) in [6, 6.07) is 28.2. The van der Waals surface area contributed by atoms with Crippen molar-refractivity contribution in [2.45, 2.75) is 24.9 Å². The molecular formula is C26H25N3OS. The summed E-state index contributed by atoms with van der Waals surface area (Å²) in [5, 5.41) is 3.77. The topological polar surface area (TPSA) is 57.8 Å². The summed E-state index contributed by atoms with van der Waals surface area (Å²) in [5.41, 5.74) is 5.96. The van der Waals surface area contributed by atoms with Gasteiger partial charge in [-0.3, -0.25) is 4.79 Å². The summed E-state index contributed by atoms with van der Waals surface area (Å²) in [5.74, 6) is 0.579. The molecule has 0 bridgehead atoms. The maximum atomic E-state index is 12.6. The smallest absolute Gasteiger partial charge is 0.234 e. The van der Waals surface area contributed by atoms with E-state index in [-0.39, 0.29) is 11.7 Å². The van der Waals surface area contributed by atoms with Crippen molar-refractivity contribution in [1.29, 1.82) is 0 Å². The molecule has 5 heteroatoms. The second kappa shape index (κ2) is 9.67. The molecular weight excluding hydrogens is 402 g/mol. The van der Waals surface area contributed by atoms with Crippen LogP contribution in [0.25, 0.3) is 22.5 Å². The van der Waals surface area contributed by atoms with Gasteiger partial charge in [0.1, 0.15) is 0 Å². The Morgan fingerprint density at radius 1 is 0.903 bits per heavy atom. The van der Waals surface area contributed by atoms with Crippen molar-refractivity contribution in [2.75, 3.05) is 11.1 Å². The Hall–Kier alpha value is -3.31. The molecule has 1 amide bonds. The molecule has 4 nitrogen and oxygen atoms in total. The highest BCUT2D eigenvalue weighted by atomic mass is 32.2. The first kappa shape index (κ1) is 20.9. The van der Waals surface area contributed by atoms with Crippen LogP contribution in [0.2, 0.25) is 0 Å². The number of hydrogen-bond donors (Lipinski definition) is 2. The lowest BCUT2D eigenvalue weighted by atomic mass is 10.0. The zero-order valence-electron chi connectivity index (χ0n) is 17.6. The van der Waals surface area contributed by atoms with Crippen molar-refractivity contribution in [2.24, 2.45) is 0 Å². The minimum Gasteiger partial charge on any atom is -0.332 e. The fourth-order valence-electron chi connectivity index (χ4n) is 3.47. The lowest BCUT2D eigenvalue weighted by Crippen LogP contribution is -2.15. The number of hydrogen-bond acceptors (Lipinski definition) is 3. The van der Waals surface area contributed by atoms with Gasteiger partial charge in [0.25, 0.3) is 0 Å². The molecule has 0 saturated carbocycles. The van der Waals surface area contributed by atoms with Gasteiger partial charge in [0.15, 0.2) is 5.16 Å². The number of benzene rings is 3. The van der Waals surface area contributed by atoms with Crippen molar-refractivity contribution < 1.29 is 4.79 Å². The largest absolute Gasteiger partial charge is 0.332 e. The number of aromatic nitrogens is 2. The van der Waals surface area contributed by atoms with E-state index in [9.17, 15) is 4.79 Å². The summed E-state index contributed by atoms with van der Waals surface area (Å²) >= 11 is 1.41. The van der Waals surface area contributed by atoms with Crippen LogP contribution in [0.15, 0.2) is 90.1 Å². The number of thioether (sulfide) groups is 1. The number of carbonyl (C=O) groups excluding carboxylic acids is 1. The van der Waals surface area contributed by atoms with Crippen LogP contribution in [0.4, 0.5) is 5.69 Å². The highest BCUT2D eigenvalue weighted by Gasteiger charge is 2.16. The van der Waals surface area contributed by atoms with Crippen molar-refractivity contribution >= 4 is 23.4 Å². The third-order valence-corrected chi connectivity index (χ3v) is 5.86. The monoisotopic (exact) mass is 427 g/mol. The molecule has 0 aliphatic rings. The molecule has 4 aromatic rings. The number of aromatic amines is 1. The van der Waals surface area contributed by atoms with Gasteiger partial charge in [0.2, 0.25) is 5.91 Å². The molecule has 156 valence electrons. The average Bonchev–Trinajstić information content (AvgIpc) is 3.23. The summed E-state index contributed by atoms with van der Waals surface area (Å²) < 4.78 is 0. The van der Waals surface area contributed by atoms with Gasteiger partial charge < -0.3 is 10.3 Å². The number of nitrogens with one attached hydrogen (secondary N) is 2. The van der Waals surface area contributed by atoms with E-state index < -0.39 is 0 Å². The van der Waals surface area contributed by atoms with Gasteiger partial charge in [-0.2, -0.15) is 0 Å². The Kier molecular flexibility index (Phi) is 6.53. The number of anilines is 1. The van der Waals surface area contributed by atoms with Gasteiger partial charge in [-0.15, -0.1) is 0 Å². The van der Waals surface area contributed by atoms with Crippen molar-refractivity contribution in [3.05, 3.63) is 90.5 Å². The van der Waals surface area contributed by atoms with Gasteiger partial charge in [-0.1, -0.05) is 104 Å². The lowest BCUT2D eigenvalue weighted by Gasteiger charge is -2.13. The van der Waals surface area contributed by atoms with Crippen LogP contribution in [-0.4, -0.2) is 21.6 Å². The van der Waals surface area contributed by atoms with Crippen molar-refractivity contribution in [3.8, 4) is 22.5 Å². The Morgan fingerprint density at radius 2 is 1.52 bits per heavy atom. The van der Waals surface area contributed by atoms with E-state index in [1.807, 2.05) is 66.7 Å². The van der Waals surface area contributed by atoms with Gasteiger partial charge in [0.05, 0.1) is 17.1 Å². The minimum absolute atomic E-state index is 0.0444.